The van der Waals surface area contributed by atoms with Crippen LogP contribution in [0.4, 0.5) is 5.69 Å². The van der Waals surface area contributed by atoms with E-state index in [2.05, 4.69) is 0 Å². The van der Waals surface area contributed by atoms with Crippen LogP contribution in [0.5, 0.6) is 5.75 Å². The molecule has 1 aliphatic heterocycles. The molecule has 0 aliphatic carbocycles. The van der Waals surface area contributed by atoms with Crippen molar-refractivity contribution in [1.29, 1.82) is 0 Å². The molecule has 2 rings (SSSR count). The average molecular weight is 313 g/mol. The minimum Gasteiger partial charge on any atom is -0.495 e. The van der Waals surface area contributed by atoms with Crippen molar-refractivity contribution in [2.75, 3.05) is 12.8 Å². The second-order valence-corrected chi connectivity index (χ2v) is 8.71. The summed E-state index contributed by atoms with van der Waals surface area (Å²) in [6, 6.07) is 4.61. The zero-order chi connectivity index (χ0) is 16.1. The number of rotatable bonds is 3. The van der Waals surface area contributed by atoms with Crippen LogP contribution >= 0.6 is 0 Å². The molecule has 1 saturated heterocycles. The third-order valence-corrected chi connectivity index (χ3v) is 6.29. The van der Waals surface area contributed by atoms with Gasteiger partial charge in [-0.2, -0.15) is 0 Å². The van der Waals surface area contributed by atoms with Crippen LogP contribution in [-0.2, 0) is 14.6 Å². The highest BCUT2D eigenvalue weighted by Gasteiger charge is 2.52. The van der Waals surface area contributed by atoms with Gasteiger partial charge in [0.25, 0.3) is 0 Å². The van der Waals surface area contributed by atoms with Crippen molar-refractivity contribution in [3.8, 4) is 5.75 Å². The number of sulfone groups is 1. The molecule has 1 aromatic rings. The van der Waals surface area contributed by atoms with Gasteiger partial charge in [0, 0.05) is 11.8 Å². The lowest BCUT2D eigenvalue weighted by atomic mass is 10.0. The van der Waals surface area contributed by atoms with Gasteiger partial charge in [-0.1, -0.05) is 0 Å². The summed E-state index contributed by atoms with van der Waals surface area (Å²) in [5.74, 6) is 0.274. The van der Waals surface area contributed by atoms with Crippen molar-refractivity contribution in [2.24, 2.45) is 0 Å². The minimum atomic E-state index is -3.58. The van der Waals surface area contributed by atoms with Gasteiger partial charge in [-0.05, 0) is 46.2 Å². The highest BCUT2D eigenvalue weighted by Crippen LogP contribution is 2.44. The third-order valence-electron chi connectivity index (χ3n) is 3.86. The molecule has 21 heavy (non-hydrogen) atoms. The number of anilines is 1. The first-order chi connectivity index (χ1) is 9.49. The Hall–Kier alpha value is -1.27. The van der Waals surface area contributed by atoms with Gasteiger partial charge in [-0.25, -0.2) is 8.42 Å². The molecule has 0 aromatic heterocycles. The summed E-state index contributed by atoms with van der Waals surface area (Å²) in [6.45, 7) is 7.44. The number of nitrogen functional groups attached to an aromatic ring is 1. The maximum absolute atomic E-state index is 13.0. The van der Waals surface area contributed by atoms with Gasteiger partial charge >= 0.3 is 0 Å². The SMILES string of the molecule is COc1cc(N)ccc1S(=O)(=O)C1CC(C)(C)OC1(C)C. The summed E-state index contributed by atoms with van der Waals surface area (Å²) in [6.07, 6.45) is 0.440. The van der Waals surface area contributed by atoms with E-state index in [0.29, 0.717) is 12.1 Å². The van der Waals surface area contributed by atoms with Crippen LogP contribution in [0.1, 0.15) is 34.1 Å². The van der Waals surface area contributed by atoms with Crippen LogP contribution in [0.25, 0.3) is 0 Å². The Balaban J connectivity index is 2.53. The van der Waals surface area contributed by atoms with Crippen LogP contribution in [0.3, 0.4) is 0 Å². The molecule has 0 radical (unpaired) electrons. The molecule has 1 atom stereocenters. The lowest BCUT2D eigenvalue weighted by Crippen LogP contribution is -2.38. The van der Waals surface area contributed by atoms with Gasteiger partial charge in [0.15, 0.2) is 9.84 Å². The first-order valence-corrected chi connectivity index (χ1v) is 8.42. The maximum atomic E-state index is 13.0. The fourth-order valence-corrected chi connectivity index (χ4v) is 5.47. The van der Waals surface area contributed by atoms with Crippen LogP contribution in [0.15, 0.2) is 23.1 Å². The van der Waals surface area contributed by atoms with Gasteiger partial charge in [0.2, 0.25) is 0 Å². The summed E-state index contributed by atoms with van der Waals surface area (Å²) in [5, 5.41) is -0.627. The number of ether oxygens (including phenoxy) is 2. The van der Waals surface area contributed by atoms with E-state index in [0.717, 1.165) is 0 Å². The van der Waals surface area contributed by atoms with Crippen LogP contribution in [0, 0.1) is 0 Å². The number of hydrogen-bond donors (Lipinski definition) is 1. The third kappa shape index (κ3) is 2.87. The normalized spacial score (nSPS) is 24.0. The Morgan fingerprint density at radius 2 is 1.90 bits per heavy atom. The first kappa shape index (κ1) is 16.1. The van der Waals surface area contributed by atoms with Crippen molar-refractivity contribution in [3.63, 3.8) is 0 Å². The molecule has 0 saturated carbocycles. The van der Waals surface area contributed by atoms with Crippen LogP contribution < -0.4 is 10.5 Å². The smallest absolute Gasteiger partial charge is 0.187 e. The van der Waals surface area contributed by atoms with Gasteiger partial charge < -0.3 is 15.2 Å². The molecular weight excluding hydrogens is 290 g/mol. The van der Waals surface area contributed by atoms with Crippen molar-refractivity contribution < 1.29 is 17.9 Å². The Bertz CT molecular complexity index is 650. The second-order valence-electron chi connectivity index (χ2n) is 6.61. The summed E-state index contributed by atoms with van der Waals surface area (Å²) < 4.78 is 37.2. The molecule has 0 amide bonds. The van der Waals surface area contributed by atoms with E-state index >= 15 is 0 Å². The molecule has 1 fully saturated rings. The quantitative estimate of drug-likeness (QED) is 0.867. The summed E-state index contributed by atoms with van der Waals surface area (Å²) in [5.41, 5.74) is 4.94. The fourth-order valence-electron chi connectivity index (χ4n) is 3.07. The summed E-state index contributed by atoms with van der Waals surface area (Å²) in [4.78, 5) is 0.165. The van der Waals surface area contributed by atoms with E-state index in [1.165, 1.54) is 19.2 Å². The Morgan fingerprint density at radius 1 is 1.29 bits per heavy atom. The number of benzene rings is 1. The standard InChI is InChI=1S/C15H23NO4S/c1-14(2)9-13(15(3,4)20-14)21(17,18)12-7-6-10(16)8-11(12)19-5/h6-8,13H,9,16H2,1-5H3. The van der Waals surface area contributed by atoms with Crippen molar-refractivity contribution in [2.45, 2.75) is 55.5 Å². The lowest BCUT2D eigenvalue weighted by Gasteiger charge is -2.27. The Morgan fingerprint density at radius 3 is 2.38 bits per heavy atom. The van der Waals surface area contributed by atoms with Crippen molar-refractivity contribution in [3.05, 3.63) is 18.2 Å². The predicted molar refractivity (Wildman–Crippen MR) is 82.2 cm³/mol. The van der Waals surface area contributed by atoms with E-state index in [4.69, 9.17) is 15.2 Å². The van der Waals surface area contributed by atoms with Crippen LogP contribution in [0.2, 0.25) is 0 Å². The topological polar surface area (TPSA) is 78.6 Å². The van der Waals surface area contributed by atoms with E-state index in [1.807, 2.05) is 27.7 Å². The molecule has 1 heterocycles. The highest BCUT2D eigenvalue weighted by atomic mass is 32.2. The molecule has 1 unspecified atom stereocenters. The second kappa shape index (κ2) is 4.88. The molecular formula is C15H23NO4S. The minimum absolute atomic E-state index is 0.165. The predicted octanol–water partition coefficient (Wildman–Crippen LogP) is 2.40. The molecule has 1 aromatic carbocycles. The molecule has 2 N–H and O–H groups in total. The zero-order valence-electron chi connectivity index (χ0n) is 13.1. The fraction of sp³-hybridized carbons (Fsp3) is 0.600. The van der Waals surface area contributed by atoms with E-state index in [1.54, 1.807) is 6.07 Å². The van der Waals surface area contributed by atoms with Gasteiger partial charge in [0.1, 0.15) is 10.6 Å². The lowest BCUT2D eigenvalue weighted by molar-refractivity contribution is -0.0635. The van der Waals surface area contributed by atoms with E-state index in [9.17, 15) is 8.42 Å². The Labute approximate surface area is 126 Å². The van der Waals surface area contributed by atoms with Gasteiger partial charge in [-0.15, -0.1) is 0 Å². The first-order valence-electron chi connectivity index (χ1n) is 6.87. The molecule has 118 valence electrons. The van der Waals surface area contributed by atoms with Crippen molar-refractivity contribution >= 4 is 15.5 Å². The molecule has 0 bridgehead atoms. The number of methoxy groups -OCH3 is 1. The van der Waals surface area contributed by atoms with Gasteiger partial charge in [-0.3, -0.25) is 0 Å². The monoisotopic (exact) mass is 313 g/mol. The maximum Gasteiger partial charge on any atom is 0.187 e. The molecule has 1 aliphatic rings. The van der Waals surface area contributed by atoms with Crippen LogP contribution in [-0.4, -0.2) is 32.0 Å². The number of hydrogen-bond acceptors (Lipinski definition) is 5. The van der Waals surface area contributed by atoms with E-state index < -0.39 is 26.3 Å². The zero-order valence-corrected chi connectivity index (χ0v) is 14.0. The summed E-state index contributed by atoms with van der Waals surface area (Å²) >= 11 is 0. The molecule has 0 spiro atoms. The molecule has 5 nitrogen and oxygen atoms in total. The van der Waals surface area contributed by atoms with Crippen molar-refractivity contribution in [1.82, 2.24) is 0 Å². The summed E-state index contributed by atoms with van der Waals surface area (Å²) in [7, 11) is -2.14. The largest absolute Gasteiger partial charge is 0.495 e. The average Bonchev–Trinajstić information content (AvgIpc) is 2.57. The van der Waals surface area contributed by atoms with E-state index in [-0.39, 0.29) is 10.6 Å². The highest BCUT2D eigenvalue weighted by molar-refractivity contribution is 7.92. The molecule has 6 heteroatoms. The van der Waals surface area contributed by atoms with Gasteiger partial charge in [0.05, 0.1) is 23.6 Å². The Kier molecular flexibility index (Phi) is 3.74. The number of nitrogens with two attached hydrogens (primary N) is 1.